The number of aliphatic imine (C=N–C) groups is 1. The van der Waals surface area contributed by atoms with Crippen LogP contribution in [0.15, 0.2) is 4.99 Å². The van der Waals surface area contributed by atoms with Crippen LogP contribution in [0.25, 0.3) is 0 Å². The van der Waals surface area contributed by atoms with Gasteiger partial charge in [-0.1, -0.05) is 13.8 Å². The molecule has 0 spiro atoms. The van der Waals surface area contributed by atoms with Crippen molar-refractivity contribution in [3.63, 3.8) is 0 Å². The number of methoxy groups -OCH3 is 1. The largest absolute Gasteiger partial charge is 0.469 e. The highest BCUT2D eigenvalue weighted by atomic mass is 127. The van der Waals surface area contributed by atoms with Crippen molar-refractivity contribution in [1.29, 1.82) is 0 Å². The summed E-state index contributed by atoms with van der Waals surface area (Å²) in [5.74, 6) is 1.63. The lowest BCUT2D eigenvalue weighted by Crippen LogP contribution is -2.50. The van der Waals surface area contributed by atoms with E-state index >= 15 is 0 Å². The van der Waals surface area contributed by atoms with Crippen LogP contribution in [-0.2, 0) is 9.53 Å². The average Bonchev–Trinajstić information content (AvgIpc) is 3.15. The zero-order chi connectivity index (χ0) is 18.2. The Kier molecular flexibility index (Phi) is 10.8. The number of nitrogens with zero attached hydrogens (tertiary/aromatic N) is 3. The van der Waals surface area contributed by atoms with Crippen LogP contribution in [0.5, 0.6) is 0 Å². The summed E-state index contributed by atoms with van der Waals surface area (Å²) in [5, 5.41) is 3.60. The van der Waals surface area contributed by atoms with Crippen LogP contribution in [0.4, 0.5) is 0 Å². The summed E-state index contributed by atoms with van der Waals surface area (Å²) in [6.07, 6.45) is 5.55. The molecule has 1 N–H and O–H groups in total. The van der Waals surface area contributed by atoms with E-state index in [1.54, 1.807) is 0 Å². The van der Waals surface area contributed by atoms with Crippen molar-refractivity contribution in [3.05, 3.63) is 0 Å². The summed E-state index contributed by atoms with van der Waals surface area (Å²) in [6.45, 7) is 9.72. The van der Waals surface area contributed by atoms with Gasteiger partial charge in [-0.3, -0.25) is 14.7 Å². The van der Waals surface area contributed by atoms with Crippen molar-refractivity contribution in [2.45, 2.75) is 52.0 Å². The number of halogens is 1. The van der Waals surface area contributed by atoms with Crippen molar-refractivity contribution in [2.24, 2.45) is 16.8 Å². The molecule has 152 valence electrons. The minimum Gasteiger partial charge on any atom is -0.469 e. The maximum atomic E-state index is 11.7. The molecule has 0 aliphatic carbocycles. The normalized spacial score (nSPS) is 20.8. The molecule has 0 aromatic carbocycles. The first-order chi connectivity index (χ1) is 12.0. The maximum absolute atomic E-state index is 11.7. The third kappa shape index (κ3) is 6.87. The molecule has 2 saturated heterocycles. The molecule has 2 rings (SSSR count). The van der Waals surface area contributed by atoms with Gasteiger partial charge in [0.15, 0.2) is 5.96 Å². The van der Waals surface area contributed by atoms with Gasteiger partial charge >= 0.3 is 5.97 Å². The van der Waals surface area contributed by atoms with Crippen LogP contribution in [-0.4, -0.2) is 74.7 Å². The summed E-state index contributed by atoms with van der Waals surface area (Å²) in [4.78, 5) is 21.1. The average molecular weight is 480 g/mol. The van der Waals surface area contributed by atoms with Gasteiger partial charge in [0.2, 0.25) is 0 Å². The van der Waals surface area contributed by atoms with Gasteiger partial charge in [0.05, 0.1) is 13.0 Å². The van der Waals surface area contributed by atoms with Gasteiger partial charge in [0.1, 0.15) is 0 Å². The summed E-state index contributed by atoms with van der Waals surface area (Å²) in [5.41, 5.74) is 0. The quantitative estimate of drug-likeness (QED) is 0.274. The van der Waals surface area contributed by atoms with E-state index in [2.05, 4.69) is 34.0 Å². The zero-order valence-corrected chi connectivity index (χ0v) is 19.2. The molecule has 0 radical (unpaired) electrons. The second-order valence-electron chi connectivity index (χ2n) is 7.74. The maximum Gasteiger partial charge on any atom is 0.308 e. The fraction of sp³-hybridized carbons (Fsp3) is 0.895. The zero-order valence-electron chi connectivity index (χ0n) is 16.9. The number of nitrogens with one attached hydrogen (secondary N) is 1. The van der Waals surface area contributed by atoms with Crippen molar-refractivity contribution < 1.29 is 9.53 Å². The smallest absolute Gasteiger partial charge is 0.308 e. The van der Waals surface area contributed by atoms with E-state index in [4.69, 9.17) is 4.74 Å². The molecule has 0 amide bonds. The standard InChI is InChI=1S/C19H36N4O2.HI/c1-15(2)13-17(22-9-5-6-10-22)14-21-19(20-3)23-11-7-16(8-12-23)18(24)25-4;/h15-17H,5-14H2,1-4H3,(H,20,21);1H. The summed E-state index contributed by atoms with van der Waals surface area (Å²) < 4.78 is 4.88. The van der Waals surface area contributed by atoms with E-state index in [1.165, 1.54) is 39.5 Å². The molecular formula is C19H37IN4O2. The van der Waals surface area contributed by atoms with Gasteiger partial charge in [-0.15, -0.1) is 24.0 Å². The van der Waals surface area contributed by atoms with E-state index in [0.717, 1.165) is 38.4 Å². The van der Waals surface area contributed by atoms with E-state index in [0.29, 0.717) is 12.0 Å². The van der Waals surface area contributed by atoms with E-state index in [9.17, 15) is 4.79 Å². The molecule has 6 nitrogen and oxygen atoms in total. The number of esters is 1. The fourth-order valence-electron chi connectivity index (χ4n) is 4.05. The topological polar surface area (TPSA) is 57.2 Å². The lowest BCUT2D eigenvalue weighted by molar-refractivity contribution is -0.146. The molecule has 2 fully saturated rings. The first kappa shape index (κ1) is 23.5. The molecule has 0 bridgehead atoms. The van der Waals surface area contributed by atoms with Crippen molar-refractivity contribution in [3.8, 4) is 0 Å². The first-order valence-corrected chi connectivity index (χ1v) is 9.82. The van der Waals surface area contributed by atoms with Crippen LogP contribution in [0, 0.1) is 11.8 Å². The van der Waals surface area contributed by atoms with Gasteiger partial charge < -0.3 is 15.0 Å². The SMILES string of the molecule is CN=C(NCC(CC(C)C)N1CCCC1)N1CCC(C(=O)OC)CC1.I. The second-order valence-corrected chi connectivity index (χ2v) is 7.74. The Morgan fingerprint density at radius 1 is 1.19 bits per heavy atom. The van der Waals surface area contributed by atoms with Gasteiger partial charge in [0.25, 0.3) is 0 Å². The van der Waals surface area contributed by atoms with Gasteiger partial charge in [-0.2, -0.15) is 0 Å². The number of carbonyl (C=O) groups is 1. The minimum atomic E-state index is -0.0753. The number of likely N-dealkylation sites (tertiary alicyclic amines) is 2. The third-order valence-corrected chi connectivity index (χ3v) is 5.44. The Morgan fingerprint density at radius 3 is 2.31 bits per heavy atom. The number of piperidine rings is 1. The Morgan fingerprint density at radius 2 is 1.81 bits per heavy atom. The summed E-state index contributed by atoms with van der Waals surface area (Å²) in [6, 6.07) is 0.576. The number of hydrogen-bond donors (Lipinski definition) is 1. The molecule has 0 aromatic heterocycles. The van der Waals surface area contributed by atoms with Gasteiger partial charge in [-0.05, 0) is 51.1 Å². The monoisotopic (exact) mass is 480 g/mol. The number of hydrogen-bond acceptors (Lipinski definition) is 4. The Balaban J connectivity index is 0.00000338. The highest BCUT2D eigenvalue weighted by Gasteiger charge is 2.28. The van der Waals surface area contributed by atoms with Crippen molar-refractivity contribution in [2.75, 3.05) is 46.9 Å². The number of rotatable bonds is 6. The van der Waals surface area contributed by atoms with Gasteiger partial charge in [0, 0.05) is 32.7 Å². The second kappa shape index (κ2) is 12.0. The van der Waals surface area contributed by atoms with Crippen molar-refractivity contribution >= 4 is 35.9 Å². The van der Waals surface area contributed by atoms with Crippen LogP contribution >= 0.6 is 24.0 Å². The highest BCUT2D eigenvalue weighted by molar-refractivity contribution is 14.0. The van der Waals surface area contributed by atoms with E-state index < -0.39 is 0 Å². The lowest BCUT2D eigenvalue weighted by Gasteiger charge is -2.35. The Bertz CT molecular complexity index is 445. The Labute approximate surface area is 176 Å². The summed E-state index contributed by atoms with van der Waals surface area (Å²) in [7, 11) is 3.32. The highest BCUT2D eigenvalue weighted by Crippen LogP contribution is 2.19. The molecule has 1 atom stereocenters. The molecule has 7 heteroatoms. The van der Waals surface area contributed by atoms with E-state index in [-0.39, 0.29) is 35.9 Å². The number of guanidine groups is 1. The number of ether oxygens (including phenoxy) is 1. The van der Waals surface area contributed by atoms with Crippen LogP contribution < -0.4 is 5.32 Å². The molecule has 2 aliphatic heterocycles. The third-order valence-electron chi connectivity index (χ3n) is 5.44. The molecular weight excluding hydrogens is 443 g/mol. The predicted octanol–water partition coefficient (Wildman–Crippen LogP) is 2.58. The van der Waals surface area contributed by atoms with Gasteiger partial charge in [-0.25, -0.2) is 0 Å². The molecule has 1 unspecified atom stereocenters. The van der Waals surface area contributed by atoms with Crippen LogP contribution in [0.2, 0.25) is 0 Å². The lowest BCUT2D eigenvalue weighted by atomic mass is 9.97. The molecule has 2 aliphatic rings. The molecule has 0 aromatic rings. The summed E-state index contributed by atoms with van der Waals surface area (Å²) >= 11 is 0. The van der Waals surface area contributed by atoms with Crippen LogP contribution in [0.1, 0.15) is 46.0 Å². The number of carbonyl (C=O) groups excluding carboxylic acids is 1. The molecule has 0 saturated carbocycles. The van der Waals surface area contributed by atoms with Crippen LogP contribution in [0.3, 0.4) is 0 Å². The Hall–Kier alpha value is -0.570. The van der Waals surface area contributed by atoms with E-state index in [1.807, 2.05) is 7.05 Å². The fourth-order valence-corrected chi connectivity index (χ4v) is 4.05. The predicted molar refractivity (Wildman–Crippen MR) is 117 cm³/mol. The minimum absolute atomic E-state index is 0. The molecule has 2 heterocycles. The first-order valence-electron chi connectivity index (χ1n) is 9.82. The molecule has 26 heavy (non-hydrogen) atoms. The van der Waals surface area contributed by atoms with Crippen molar-refractivity contribution in [1.82, 2.24) is 15.1 Å².